The molecule has 3 fully saturated rings. The van der Waals surface area contributed by atoms with E-state index in [4.69, 9.17) is 4.74 Å². The summed E-state index contributed by atoms with van der Waals surface area (Å²) in [6, 6.07) is 14.4. The van der Waals surface area contributed by atoms with E-state index in [1.165, 1.54) is 37.7 Å². The summed E-state index contributed by atoms with van der Waals surface area (Å²) in [5.41, 5.74) is 2.35. The van der Waals surface area contributed by atoms with Gasteiger partial charge in [-0.05, 0) is 69.1 Å². The SMILES string of the molecule is CC(C)Oc1ccc(F)c2c1CNC[C@]21CNC[C@H]1C(=O)N1CC[C@@H](c2ccccc2)C[C@H]1C1CCCCC1. The highest BCUT2D eigenvalue weighted by atomic mass is 19.1. The molecular weight excluding hydrogens is 489 g/mol. The summed E-state index contributed by atoms with van der Waals surface area (Å²) >= 11 is 0. The molecule has 4 atom stereocenters. The quantitative estimate of drug-likeness (QED) is 0.531. The number of ether oxygens (including phenoxy) is 1. The van der Waals surface area contributed by atoms with Gasteiger partial charge in [0.05, 0.1) is 12.0 Å². The number of benzene rings is 2. The summed E-state index contributed by atoms with van der Waals surface area (Å²) in [5.74, 6) is 1.48. The van der Waals surface area contributed by atoms with Gasteiger partial charge in [-0.2, -0.15) is 0 Å². The predicted octanol–water partition coefficient (Wildman–Crippen LogP) is 5.53. The number of hydrogen-bond acceptors (Lipinski definition) is 4. The van der Waals surface area contributed by atoms with Gasteiger partial charge in [0.2, 0.25) is 5.91 Å². The van der Waals surface area contributed by atoms with Crippen molar-refractivity contribution in [3.63, 3.8) is 0 Å². The molecule has 2 saturated heterocycles. The normalized spacial score (nSPS) is 29.5. The first kappa shape index (κ1) is 26.8. The highest BCUT2D eigenvalue weighted by Gasteiger charge is 2.54. The zero-order valence-electron chi connectivity index (χ0n) is 23.6. The zero-order valence-corrected chi connectivity index (χ0v) is 23.6. The Hall–Kier alpha value is -2.44. The molecule has 2 aromatic rings. The lowest BCUT2D eigenvalue weighted by Gasteiger charge is -2.48. The molecule has 2 aromatic carbocycles. The van der Waals surface area contributed by atoms with E-state index in [1.807, 2.05) is 13.8 Å². The van der Waals surface area contributed by atoms with Gasteiger partial charge in [0.25, 0.3) is 0 Å². The van der Waals surface area contributed by atoms with Crippen molar-refractivity contribution in [3.05, 3.63) is 65.0 Å². The van der Waals surface area contributed by atoms with Gasteiger partial charge in [0, 0.05) is 55.3 Å². The van der Waals surface area contributed by atoms with Crippen LogP contribution in [0, 0.1) is 17.7 Å². The summed E-state index contributed by atoms with van der Waals surface area (Å²) in [5, 5.41) is 7.06. The second kappa shape index (κ2) is 11.2. The van der Waals surface area contributed by atoms with Crippen LogP contribution in [0.1, 0.15) is 81.4 Å². The van der Waals surface area contributed by atoms with Gasteiger partial charge in [-0.1, -0.05) is 49.6 Å². The fraction of sp³-hybridized carbons (Fsp3) is 0.606. The maximum Gasteiger partial charge on any atom is 0.228 e. The number of fused-ring (bicyclic) bond motifs is 2. The number of carbonyl (C=O) groups is 1. The van der Waals surface area contributed by atoms with E-state index in [9.17, 15) is 4.79 Å². The number of nitrogens with one attached hydrogen (secondary N) is 2. The van der Waals surface area contributed by atoms with Crippen molar-refractivity contribution in [1.29, 1.82) is 0 Å². The third kappa shape index (κ3) is 4.99. The Morgan fingerprint density at radius 3 is 2.56 bits per heavy atom. The van der Waals surface area contributed by atoms with E-state index in [0.29, 0.717) is 43.6 Å². The molecule has 2 N–H and O–H groups in total. The maximum atomic E-state index is 15.7. The molecule has 3 aliphatic heterocycles. The molecule has 0 aromatic heterocycles. The molecule has 1 amide bonds. The number of carbonyl (C=O) groups excluding carboxylic acids is 1. The minimum absolute atomic E-state index is 0.00117. The van der Waals surface area contributed by atoms with Crippen molar-refractivity contribution in [1.82, 2.24) is 15.5 Å². The molecule has 5 nitrogen and oxygen atoms in total. The Morgan fingerprint density at radius 1 is 1.03 bits per heavy atom. The first-order chi connectivity index (χ1) is 19.0. The van der Waals surface area contributed by atoms with Gasteiger partial charge in [-0.15, -0.1) is 0 Å². The van der Waals surface area contributed by atoms with Crippen LogP contribution in [-0.4, -0.2) is 49.1 Å². The summed E-state index contributed by atoms with van der Waals surface area (Å²) in [7, 11) is 0. The van der Waals surface area contributed by atoms with Crippen molar-refractivity contribution in [2.75, 3.05) is 26.2 Å². The first-order valence-electron chi connectivity index (χ1n) is 15.2. The Kier molecular flexibility index (Phi) is 7.69. The van der Waals surface area contributed by atoms with Crippen molar-refractivity contribution < 1.29 is 13.9 Å². The summed E-state index contributed by atoms with van der Waals surface area (Å²) in [4.78, 5) is 16.9. The lowest BCUT2D eigenvalue weighted by Crippen LogP contribution is -2.58. The van der Waals surface area contributed by atoms with Gasteiger partial charge < -0.3 is 20.3 Å². The Bertz CT molecular complexity index is 1170. The molecule has 4 aliphatic rings. The average Bonchev–Trinajstić information content (AvgIpc) is 3.38. The van der Waals surface area contributed by atoms with Gasteiger partial charge in [0.1, 0.15) is 11.6 Å². The van der Waals surface area contributed by atoms with Crippen LogP contribution >= 0.6 is 0 Å². The van der Waals surface area contributed by atoms with Gasteiger partial charge >= 0.3 is 0 Å². The van der Waals surface area contributed by atoms with E-state index in [1.54, 1.807) is 12.1 Å². The summed E-state index contributed by atoms with van der Waals surface area (Å²) in [6.07, 6.45) is 8.25. The first-order valence-corrected chi connectivity index (χ1v) is 15.2. The van der Waals surface area contributed by atoms with Gasteiger partial charge in [-0.3, -0.25) is 4.79 Å². The topological polar surface area (TPSA) is 53.6 Å². The number of amides is 1. The molecule has 0 unspecified atom stereocenters. The van der Waals surface area contributed by atoms with Crippen LogP contribution in [0.2, 0.25) is 0 Å². The molecule has 210 valence electrons. The van der Waals surface area contributed by atoms with Crippen LogP contribution < -0.4 is 15.4 Å². The van der Waals surface area contributed by atoms with E-state index in [2.05, 4.69) is 45.9 Å². The monoisotopic (exact) mass is 533 g/mol. The molecular formula is C33H44FN3O2. The Morgan fingerprint density at radius 2 is 1.79 bits per heavy atom. The average molecular weight is 534 g/mol. The van der Waals surface area contributed by atoms with Crippen LogP contribution in [0.5, 0.6) is 5.75 Å². The highest BCUT2D eigenvalue weighted by molar-refractivity contribution is 5.82. The van der Waals surface area contributed by atoms with E-state index in [0.717, 1.165) is 30.7 Å². The lowest BCUT2D eigenvalue weighted by atomic mass is 9.67. The fourth-order valence-electron chi connectivity index (χ4n) is 8.17. The van der Waals surface area contributed by atoms with Crippen LogP contribution in [-0.2, 0) is 16.8 Å². The van der Waals surface area contributed by atoms with Crippen molar-refractivity contribution >= 4 is 5.91 Å². The predicted molar refractivity (Wildman–Crippen MR) is 152 cm³/mol. The minimum atomic E-state index is -0.613. The summed E-state index contributed by atoms with van der Waals surface area (Å²) in [6.45, 7) is 7.12. The standard InChI is InChI=1S/C33H44FN3O2/c1-22(2)39-30-14-13-28(34)31-26(30)18-35-20-33(31)21-36-19-27(33)32(38)37-16-15-25(23-9-5-3-6-10-23)17-29(37)24-11-7-4-8-12-24/h3,5-6,9-10,13-14,22,24-25,27,29,35-36H,4,7-8,11-12,15-21H2,1-2H3/t25-,27+,29+,33-/m1/s1. The number of piperidine rings is 1. The third-order valence-corrected chi connectivity index (χ3v) is 9.97. The smallest absolute Gasteiger partial charge is 0.228 e. The molecule has 1 aliphatic carbocycles. The van der Waals surface area contributed by atoms with Crippen LogP contribution in [0.15, 0.2) is 42.5 Å². The van der Waals surface area contributed by atoms with Crippen molar-refractivity contribution in [2.45, 2.75) is 88.8 Å². The van der Waals surface area contributed by atoms with Crippen LogP contribution in [0.25, 0.3) is 0 Å². The Balaban J connectivity index is 1.33. The summed E-state index contributed by atoms with van der Waals surface area (Å²) < 4.78 is 21.8. The van der Waals surface area contributed by atoms with E-state index in [-0.39, 0.29) is 29.8 Å². The number of rotatable bonds is 5. The molecule has 1 saturated carbocycles. The molecule has 1 spiro atoms. The molecule has 6 rings (SSSR count). The van der Waals surface area contributed by atoms with Gasteiger partial charge in [-0.25, -0.2) is 4.39 Å². The number of hydrogen-bond donors (Lipinski definition) is 2. The van der Waals surface area contributed by atoms with Gasteiger partial charge in [0.15, 0.2) is 0 Å². The third-order valence-electron chi connectivity index (χ3n) is 9.97. The zero-order chi connectivity index (χ0) is 27.0. The van der Waals surface area contributed by atoms with Crippen molar-refractivity contribution in [3.8, 4) is 5.75 Å². The molecule has 6 heteroatoms. The largest absolute Gasteiger partial charge is 0.491 e. The number of nitrogens with zero attached hydrogens (tertiary/aromatic N) is 1. The lowest BCUT2D eigenvalue weighted by molar-refractivity contribution is -0.142. The molecule has 0 radical (unpaired) electrons. The maximum absolute atomic E-state index is 15.7. The van der Waals surface area contributed by atoms with E-state index < -0.39 is 5.41 Å². The van der Waals surface area contributed by atoms with Crippen LogP contribution in [0.4, 0.5) is 4.39 Å². The Labute approximate surface area is 232 Å². The second-order valence-electron chi connectivity index (χ2n) is 12.6. The van der Waals surface area contributed by atoms with Crippen LogP contribution in [0.3, 0.4) is 0 Å². The fourth-order valence-corrected chi connectivity index (χ4v) is 8.17. The highest BCUT2D eigenvalue weighted by Crippen LogP contribution is 2.46. The second-order valence-corrected chi connectivity index (χ2v) is 12.6. The molecule has 3 heterocycles. The molecule has 0 bridgehead atoms. The van der Waals surface area contributed by atoms with E-state index >= 15 is 4.39 Å². The molecule has 39 heavy (non-hydrogen) atoms. The minimum Gasteiger partial charge on any atom is -0.491 e. The number of halogens is 1. The number of likely N-dealkylation sites (tertiary alicyclic amines) is 1. The van der Waals surface area contributed by atoms with Crippen molar-refractivity contribution in [2.24, 2.45) is 11.8 Å².